The molecule has 1 amide bonds. The molecule has 3 aliphatic rings. The monoisotopic (exact) mass is 547 g/mol. The lowest BCUT2D eigenvalue weighted by Gasteiger charge is -2.50. The van der Waals surface area contributed by atoms with Crippen LogP contribution < -0.4 is 10.6 Å². The summed E-state index contributed by atoms with van der Waals surface area (Å²) in [4.78, 5) is 48.0. The van der Waals surface area contributed by atoms with E-state index in [1.54, 1.807) is 26.1 Å². The fraction of sp³-hybridized carbons (Fsp3) is 0.562. The van der Waals surface area contributed by atoms with Gasteiger partial charge in [-0.05, 0) is 70.2 Å². The van der Waals surface area contributed by atoms with Gasteiger partial charge in [-0.25, -0.2) is 4.99 Å². The van der Waals surface area contributed by atoms with Crippen molar-refractivity contribution >= 4 is 29.4 Å². The Morgan fingerprint density at radius 2 is 1.85 bits per heavy atom. The van der Waals surface area contributed by atoms with Crippen molar-refractivity contribution in [3.05, 3.63) is 53.4 Å². The van der Waals surface area contributed by atoms with Crippen molar-refractivity contribution < 1.29 is 14.4 Å². The molecule has 0 radical (unpaired) electrons. The van der Waals surface area contributed by atoms with E-state index >= 15 is 0 Å². The first-order valence-corrected chi connectivity index (χ1v) is 14.7. The Kier molecular flexibility index (Phi) is 9.29. The van der Waals surface area contributed by atoms with Gasteiger partial charge >= 0.3 is 0 Å². The molecule has 8 nitrogen and oxygen atoms in total. The highest BCUT2D eigenvalue weighted by Crippen LogP contribution is 2.42. The second kappa shape index (κ2) is 12.5. The number of nitrogens with zero attached hydrogens (tertiary/aromatic N) is 4. The van der Waals surface area contributed by atoms with Crippen molar-refractivity contribution in [2.24, 2.45) is 28.0 Å². The number of amides is 1. The molecule has 3 saturated heterocycles. The van der Waals surface area contributed by atoms with E-state index in [1.165, 1.54) is 6.42 Å². The van der Waals surface area contributed by atoms with Crippen molar-refractivity contribution in [2.75, 3.05) is 50.7 Å². The van der Waals surface area contributed by atoms with Gasteiger partial charge in [0, 0.05) is 73.1 Å². The van der Waals surface area contributed by atoms with Gasteiger partial charge < -0.3 is 20.4 Å². The molecule has 0 bridgehead atoms. The number of nitrogens with two attached hydrogens (primary N) is 1. The molecule has 216 valence electrons. The summed E-state index contributed by atoms with van der Waals surface area (Å²) < 4.78 is 0. The van der Waals surface area contributed by atoms with Crippen LogP contribution in [-0.4, -0.2) is 79.3 Å². The molecule has 1 atom stereocenters. The number of hydrogen-bond donors (Lipinski definition) is 1. The van der Waals surface area contributed by atoms with E-state index in [0.717, 1.165) is 76.5 Å². The van der Waals surface area contributed by atoms with Gasteiger partial charge in [0.25, 0.3) is 5.91 Å². The number of anilines is 1. The Morgan fingerprint density at radius 3 is 2.45 bits per heavy atom. The number of ketones is 2. The number of carbonyl (C=O) groups is 3. The van der Waals surface area contributed by atoms with E-state index in [2.05, 4.69) is 26.3 Å². The molecule has 40 heavy (non-hydrogen) atoms. The highest BCUT2D eigenvalue weighted by molar-refractivity contribution is 6.09. The minimum absolute atomic E-state index is 0.0501. The lowest BCUT2D eigenvalue weighted by molar-refractivity contribution is -0.114. The zero-order valence-electron chi connectivity index (χ0n) is 24.6. The SMILES string of the molecule is C=C(/C=N\C(=C/C)C(N)=O)N1CCC(CN2CCC3(C2)CN(c2ccc(C(=O)C(C)CC)c(C(C)=O)c2)C3)CC1. The Morgan fingerprint density at radius 1 is 1.15 bits per heavy atom. The predicted molar refractivity (Wildman–Crippen MR) is 161 cm³/mol. The Bertz CT molecular complexity index is 1200. The number of likely N-dealkylation sites (tertiary alicyclic amines) is 2. The summed E-state index contributed by atoms with van der Waals surface area (Å²) in [5, 5.41) is 0. The molecule has 1 unspecified atom stereocenters. The number of Topliss-reactive ketones (excluding diaryl/α,β-unsaturated/α-hetero) is 2. The van der Waals surface area contributed by atoms with Crippen LogP contribution in [0.25, 0.3) is 0 Å². The van der Waals surface area contributed by atoms with Gasteiger partial charge in [0.2, 0.25) is 0 Å². The molecule has 8 heteroatoms. The number of rotatable bonds is 11. The number of allylic oxidation sites excluding steroid dienone is 2. The second-order valence-electron chi connectivity index (χ2n) is 12.0. The van der Waals surface area contributed by atoms with Crippen LogP contribution in [0.2, 0.25) is 0 Å². The van der Waals surface area contributed by atoms with Crippen molar-refractivity contribution in [2.45, 2.75) is 53.4 Å². The van der Waals surface area contributed by atoms with Crippen molar-refractivity contribution in [1.82, 2.24) is 9.80 Å². The molecule has 0 saturated carbocycles. The molecular formula is C32H45N5O3. The molecule has 3 fully saturated rings. The fourth-order valence-corrected chi connectivity index (χ4v) is 6.35. The van der Waals surface area contributed by atoms with Crippen LogP contribution in [0.1, 0.15) is 74.1 Å². The number of carbonyl (C=O) groups excluding carboxylic acids is 3. The molecule has 3 aliphatic heterocycles. The Hall–Kier alpha value is -3.26. The third-order valence-corrected chi connectivity index (χ3v) is 9.06. The highest BCUT2D eigenvalue weighted by atomic mass is 16.1. The number of primary amides is 1. The number of hydrogen-bond acceptors (Lipinski definition) is 7. The average molecular weight is 548 g/mol. The fourth-order valence-electron chi connectivity index (χ4n) is 6.35. The largest absolute Gasteiger partial charge is 0.371 e. The van der Waals surface area contributed by atoms with E-state index in [9.17, 15) is 14.4 Å². The quantitative estimate of drug-likeness (QED) is 0.252. The standard InChI is InChI=1S/C32H45N5O3/c1-6-22(3)30(39)27-9-8-26(16-28(27)24(5)38)37-20-32(21-37)12-15-35(19-32)18-25-10-13-36(14-11-25)23(4)17-34-29(7-2)31(33)40/h7-9,16-17,22,25H,4,6,10-15,18-21H2,1-3,5H3,(H2,33,40)/b29-7-,34-17-. The van der Waals surface area contributed by atoms with E-state index < -0.39 is 5.91 Å². The predicted octanol–water partition coefficient (Wildman–Crippen LogP) is 4.32. The van der Waals surface area contributed by atoms with Crippen LogP contribution in [0.4, 0.5) is 5.69 Å². The molecule has 4 rings (SSSR count). The van der Waals surface area contributed by atoms with Gasteiger partial charge in [-0.3, -0.25) is 14.4 Å². The van der Waals surface area contributed by atoms with Gasteiger partial charge in [0.15, 0.2) is 11.6 Å². The Balaban J connectivity index is 1.26. The van der Waals surface area contributed by atoms with Gasteiger partial charge in [-0.1, -0.05) is 26.5 Å². The maximum atomic E-state index is 12.8. The maximum absolute atomic E-state index is 12.8. The molecular weight excluding hydrogens is 502 g/mol. The zero-order chi connectivity index (χ0) is 29.0. The number of benzene rings is 1. The van der Waals surface area contributed by atoms with Crippen molar-refractivity contribution in [3.8, 4) is 0 Å². The van der Waals surface area contributed by atoms with Crippen LogP contribution >= 0.6 is 0 Å². The third-order valence-electron chi connectivity index (χ3n) is 9.06. The van der Waals surface area contributed by atoms with E-state index in [1.807, 2.05) is 32.0 Å². The first-order chi connectivity index (χ1) is 19.1. The van der Waals surface area contributed by atoms with Gasteiger partial charge in [0.1, 0.15) is 5.70 Å². The van der Waals surface area contributed by atoms with Crippen LogP contribution in [0.5, 0.6) is 0 Å². The minimum atomic E-state index is -0.532. The van der Waals surface area contributed by atoms with Crippen LogP contribution in [0.3, 0.4) is 0 Å². The molecule has 1 spiro atoms. The van der Waals surface area contributed by atoms with Crippen molar-refractivity contribution in [3.63, 3.8) is 0 Å². The molecule has 1 aromatic rings. The normalized spacial score (nSPS) is 20.6. The summed E-state index contributed by atoms with van der Waals surface area (Å²) in [5.41, 5.74) is 8.87. The lowest BCUT2D eigenvalue weighted by atomic mass is 9.78. The van der Waals surface area contributed by atoms with Crippen LogP contribution in [0, 0.1) is 17.3 Å². The summed E-state index contributed by atoms with van der Waals surface area (Å²) >= 11 is 0. The lowest BCUT2D eigenvalue weighted by Crippen LogP contribution is -2.58. The first kappa shape index (κ1) is 29.7. The first-order valence-electron chi connectivity index (χ1n) is 14.7. The van der Waals surface area contributed by atoms with Crippen LogP contribution in [0.15, 0.2) is 47.2 Å². The van der Waals surface area contributed by atoms with Gasteiger partial charge in [-0.15, -0.1) is 0 Å². The smallest absolute Gasteiger partial charge is 0.266 e. The molecule has 0 aromatic heterocycles. The van der Waals surface area contributed by atoms with Gasteiger partial charge in [-0.2, -0.15) is 0 Å². The van der Waals surface area contributed by atoms with E-state index in [4.69, 9.17) is 5.73 Å². The summed E-state index contributed by atoms with van der Waals surface area (Å²) in [5.74, 6) is 0.0550. The third kappa shape index (κ3) is 6.54. The number of piperidine rings is 1. The average Bonchev–Trinajstić information content (AvgIpc) is 3.35. The molecule has 3 heterocycles. The second-order valence-corrected chi connectivity index (χ2v) is 12.0. The van der Waals surface area contributed by atoms with Gasteiger partial charge in [0.05, 0.1) is 6.21 Å². The summed E-state index contributed by atoms with van der Waals surface area (Å²) in [6.45, 7) is 18.6. The topological polar surface area (TPSA) is 99.3 Å². The minimum Gasteiger partial charge on any atom is -0.371 e. The molecule has 2 N–H and O–H groups in total. The van der Waals surface area contributed by atoms with E-state index in [0.29, 0.717) is 22.5 Å². The summed E-state index contributed by atoms with van der Waals surface area (Å²) in [6.07, 6.45) is 7.45. The number of aliphatic imine (C=N–C) groups is 1. The maximum Gasteiger partial charge on any atom is 0.266 e. The Labute approximate surface area is 239 Å². The van der Waals surface area contributed by atoms with E-state index in [-0.39, 0.29) is 23.2 Å². The van der Waals surface area contributed by atoms with Crippen LogP contribution in [-0.2, 0) is 4.79 Å². The summed E-state index contributed by atoms with van der Waals surface area (Å²) in [7, 11) is 0. The molecule has 1 aromatic carbocycles. The van der Waals surface area contributed by atoms with Crippen molar-refractivity contribution in [1.29, 1.82) is 0 Å². The molecule has 0 aliphatic carbocycles. The summed E-state index contributed by atoms with van der Waals surface area (Å²) in [6, 6.07) is 5.80. The zero-order valence-corrected chi connectivity index (χ0v) is 24.6. The highest BCUT2D eigenvalue weighted by Gasteiger charge is 2.48.